The van der Waals surface area contributed by atoms with Crippen LogP contribution in [0.25, 0.3) is 0 Å². The molecule has 0 bridgehead atoms. The van der Waals surface area contributed by atoms with Gasteiger partial charge in [0.15, 0.2) is 0 Å². The van der Waals surface area contributed by atoms with Gasteiger partial charge in [0, 0.05) is 5.41 Å². The summed E-state index contributed by atoms with van der Waals surface area (Å²) in [6.07, 6.45) is 0.708. The third-order valence-electron chi connectivity index (χ3n) is 3.88. The molecule has 0 N–H and O–H groups in total. The number of hydrogen-bond acceptors (Lipinski definition) is 2. The summed E-state index contributed by atoms with van der Waals surface area (Å²) in [6, 6.07) is 7.85. The monoisotopic (exact) mass is 238 g/mol. The van der Waals surface area contributed by atoms with E-state index in [1.807, 2.05) is 38.1 Å². The fourth-order valence-electron chi connectivity index (χ4n) is 2.24. The lowest BCUT2D eigenvalue weighted by Gasteiger charge is -2.51. The Bertz CT molecular complexity index is 394. The molecular formula is C14H19FO2. The van der Waals surface area contributed by atoms with Gasteiger partial charge in [0.1, 0.15) is 5.75 Å². The highest BCUT2D eigenvalue weighted by Gasteiger charge is 2.50. The quantitative estimate of drug-likeness (QED) is 0.802. The molecule has 94 valence electrons. The van der Waals surface area contributed by atoms with Crippen molar-refractivity contribution < 1.29 is 13.9 Å². The first-order valence-corrected chi connectivity index (χ1v) is 5.94. The highest BCUT2D eigenvalue weighted by Crippen LogP contribution is 2.43. The van der Waals surface area contributed by atoms with Gasteiger partial charge in [-0.25, -0.2) is 0 Å². The van der Waals surface area contributed by atoms with Crippen LogP contribution in [0.5, 0.6) is 5.75 Å². The zero-order valence-corrected chi connectivity index (χ0v) is 10.6. The molecule has 1 aromatic rings. The van der Waals surface area contributed by atoms with Gasteiger partial charge in [0.05, 0.1) is 26.0 Å². The van der Waals surface area contributed by atoms with Crippen LogP contribution in [0.15, 0.2) is 24.3 Å². The maximum atomic E-state index is 13.1. The van der Waals surface area contributed by atoms with Gasteiger partial charge in [-0.15, -0.1) is 0 Å². The SMILES string of the molecule is COc1cccc(CC2OC(C)C2(C)CF)c1. The molecule has 0 radical (unpaired) electrons. The van der Waals surface area contributed by atoms with E-state index in [2.05, 4.69) is 0 Å². The Morgan fingerprint density at radius 3 is 2.82 bits per heavy atom. The van der Waals surface area contributed by atoms with E-state index in [0.717, 1.165) is 17.7 Å². The number of rotatable bonds is 4. The van der Waals surface area contributed by atoms with Gasteiger partial charge in [-0.1, -0.05) is 19.1 Å². The van der Waals surface area contributed by atoms with Crippen LogP contribution >= 0.6 is 0 Å². The molecule has 0 aliphatic carbocycles. The molecule has 0 amide bonds. The summed E-state index contributed by atoms with van der Waals surface area (Å²) in [5.41, 5.74) is 0.782. The number of alkyl halides is 1. The van der Waals surface area contributed by atoms with Crippen molar-refractivity contribution in [3.05, 3.63) is 29.8 Å². The molecule has 3 atom stereocenters. The summed E-state index contributed by atoms with van der Waals surface area (Å²) in [7, 11) is 1.65. The van der Waals surface area contributed by atoms with Gasteiger partial charge in [0.2, 0.25) is 0 Å². The molecule has 2 rings (SSSR count). The van der Waals surface area contributed by atoms with E-state index in [-0.39, 0.29) is 24.3 Å². The lowest BCUT2D eigenvalue weighted by Crippen LogP contribution is -2.58. The average molecular weight is 238 g/mol. The molecule has 2 nitrogen and oxygen atoms in total. The van der Waals surface area contributed by atoms with E-state index >= 15 is 0 Å². The van der Waals surface area contributed by atoms with Crippen LogP contribution in [0.1, 0.15) is 19.4 Å². The standard InChI is InChI=1S/C14H19FO2/c1-10-14(2,9-15)13(17-10)8-11-5-4-6-12(7-11)16-3/h4-7,10,13H,8-9H2,1-3H3. The number of hydrogen-bond donors (Lipinski definition) is 0. The van der Waals surface area contributed by atoms with Crippen molar-refractivity contribution in [2.24, 2.45) is 5.41 Å². The summed E-state index contributed by atoms with van der Waals surface area (Å²) < 4.78 is 23.9. The minimum Gasteiger partial charge on any atom is -0.497 e. The smallest absolute Gasteiger partial charge is 0.119 e. The molecule has 1 fully saturated rings. The van der Waals surface area contributed by atoms with Crippen molar-refractivity contribution >= 4 is 0 Å². The first-order valence-electron chi connectivity index (χ1n) is 5.94. The van der Waals surface area contributed by atoms with Crippen molar-refractivity contribution in [3.63, 3.8) is 0 Å². The largest absolute Gasteiger partial charge is 0.497 e. The first kappa shape index (κ1) is 12.4. The Morgan fingerprint density at radius 1 is 1.47 bits per heavy atom. The molecule has 17 heavy (non-hydrogen) atoms. The van der Waals surface area contributed by atoms with E-state index in [4.69, 9.17) is 9.47 Å². The highest BCUT2D eigenvalue weighted by atomic mass is 19.1. The Kier molecular flexibility index (Phi) is 3.38. The van der Waals surface area contributed by atoms with E-state index in [1.165, 1.54) is 0 Å². The number of ether oxygens (including phenoxy) is 2. The fourth-order valence-corrected chi connectivity index (χ4v) is 2.24. The van der Waals surface area contributed by atoms with E-state index in [1.54, 1.807) is 7.11 Å². The van der Waals surface area contributed by atoms with Crippen molar-refractivity contribution in [2.75, 3.05) is 13.8 Å². The van der Waals surface area contributed by atoms with Gasteiger partial charge in [-0.3, -0.25) is 4.39 Å². The van der Waals surface area contributed by atoms with Crippen molar-refractivity contribution in [1.82, 2.24) is 0 Å². The summed E-state index contributed by atoms with van der Waals surface area (Å²) in [5, 5.41) is 0. The lowest BCUT2D eigenvalue weighted by molar-refractivity contribution is -0.238. The summed E-state index contributed by atoms with van der Waals surface area (Å²) in [4.78, 5) is 0. The maximum Gasteiger partial charge on any atom is 0.119 e. The van der Waals surface area contributed by atoms with Crippen molar-refractivity contribution in [3.8, 4) is 5.75 Å². The Labute approximate surface area is 102 Å². The van der Waals surface area contributed by atoms with E-state index < -0.39 is 0 Å². The second-order valence-corrected chi connectivity index (χ2v) is 4.96. The first-order chi connectivity index (χ1) is 8.10. The molecule has 3 heteroatoms. The topological polar surface area (TPSA) is 18.5 Å². The second-order valence-electron chi connectivity index (χ2n) is 4.96. The summed E-state index contributed by atoms with van der Waals surface area (Å²) in [5.74, 6) is 0.830. The third-order valence-corrected chi connectivity index (χ3v) is 3.88. The van der Waals surface area contributed by atoms with Crippen LogP contribution in [0.4, 0.5) is 4.39 Å². The molecule has 1 saturated heterocycles. The normalized spacial score (nSPS) is 32.0. The molecule has 1 heterocycles. The van der Waals surface area contributed by atoms with Crippen molar-refractivity contribution in [1.29, 1.82) is 0 Å². The molecular weight excluding hydrogens is 219 g/mol. The lowest BCUT2D eigenvalue weighted by atomic mass is 9.73. The van der Waals surface area contributed by atoms with Crippen molar-refractivity contribution in [2.45, 2.75) is 32.5 Å². The van der Waals surface area contributed by atoms with Crippen LogP contribution in [0, 0.1) is 5.41 Å². The molecule has 3 unspecified atom stereocenters. The Morgan fingerprint density at radius 2 is 2.24 bits per heavy atom. The van der Waals surface area contributed by atoms with E-state index in [0.29, 0.717) is 0 Å². The minimum absolute atomic E-state index is 0.00288. The average Bonchev–Trinajstić information content (AvgIpc) is 2.37. The molecule has 0 saturated carbocycles. The molecule has 1 aliphatic rings. The molecule has 0 aromatic heterocycles. The molecule has 1 aliphatic heterocycles. The molecule has 0 spiro atoms. The van der Waals surface area contributed by atoms with Crippen LogP contribution in [0.2, 0.25) is 0 Å². The van der Waals surface area contributed by atoms with Gasteiger partial charge in [-0.2, -0.15) is 0 Å². The van der Waals surface area contributed by atoms with Gasteiger partial charge in [0.25, 0.3) is 0 Å². The second kappa shape index (κ2) is 4.65. The number of benzene rings is 1. The summed E-state index contributed by atoms with van der Waals surface area (Å²) in [6.45, 7) is 3.55. The zero-order chi connectivity index (χ0) is 12.5. The van der Waals surface area contributed by atoms with Gasteiger partial charge < -0.3 is 9.47 Å². The minimum atomic E-state index is -0.344. The zero-order valence-electron chi connectivity index (χ0n) is 10.6. The maximum absolute atomic E-state index is 13.1. The fraction of sp³-hybridized carbons (Fsp3) is 0.571. The van der Waals surface area contributed by atoms with Crippen LogP contribution in [-0.4, -0.2) is 26.0 Å². The van der Waals surface area contributed by atoms with Crippen LogP contribution < -0.4 is 4.74 Å². The Balaban J connectivity index is 2.06. The van der Waals surface area contributed by atoms with Crippen LogP contribution in [0.3, 0.4) is 0 Å². The predicted octanol–water partition coefficient (Wildman–Crippen LogP) is 3.00. The van der Waals surface area contributed by atoms with Gasteiger partial charge >= 0.3 is 0 Å². The third kappa shape index (κ3) is 2.16. The molecule has 1 aromatic carbocycles. The Hall–Kier alpha value is -1.09. The number of halogens is 1. The number of methoxy groups -OCH3 is 1. The predicted molar refractivity (Wildman–Crippen MR) is 65.1 cm³/mol. The van der Waals surface area contributed by atoms with Gasteiger partial charge in [-0.05, 0) is 31.0 Å². The van der Waals surface area contributed by atoms with Crippen LogP contribution in [-0.2, 0) is 11.2 Å². The highest BCUT2D eigenvalue weighted by molar-refractivity contribution is 5.29. The van der Waals surface area contributed by atoms with E-state index in [9.17, 15) is 4.39 Å². The summed E-state index contributed by atoms with van der Waals surface area (Å²) >= 11 is 0.